The van der Waals surface area contributed by atoms with Crippen molar-refractivity contribution in [3.63, 3.8) is 0 Å². The first-order valence-corrected chi connectivity index (χ1v) is 7.42. The van der Waals surface area contributed by atoms with Crippen molar-refractivity contribution < 1.29 is 13.2 Å². The molecule has 5 nitrogen and oxygen atoms in total. The van der Waals surface area contributed by atoms with Gasteiger partial charge in [-0.2, -0.15) is 0 Å². The van der Waals surface area contributed by atoms with Gasteiger partial charge in [-0.15, -0.1) is 12.4 Å². The maximum atomic E-state index is 11.7. The summed E-state index contributed by atoms with van der Waals surface area (Å²) in [5, 5.41) is 2.62. The van der Waals surface area contributed by atoms with Crippen molar-refractivity contribution in [1.82, 2.24) is 5.32 Å². The number of carbonyl (C=O) groups is 1. The van der Waals surface area contributed by atoms with Gasteiger partial charge >= 0.3 is 0 Å². The van der Waals surface area contributed by atoms with E-state index < -0.39 is 21.4 Å². The Labute approximate surface area is 110 Å². The third-order valence-electron chi connectivity index (χ3n) is 2.22. The molecule has 0 aliphatic rings. The van der Waals surface area contributed by atoms with E-state index in [0.717, 1.165) is 12.7 Å². The van der Waals surface area contributed by atoms with Gasteiger partial charge in [-0.1, -0.05) is 13.3 Å². The van der Waals surface area contributed by atoms with Crippen LogP contribution in [0.1, 0.15) is 33.6 Å². The molecule has 0 spiro atoms. The van der Waals surface area contributed by atoms with Gasteiger partial charge in [0.05, 0.1) is 11.3 Å². The molecule has 0 aromatic rings. The molecule has 104 valence electrons. The van der Waals surface area contributed by atoms with Crippen molar-refractivity contribution >= 4 is 28.2 Å². The Morgan fingerprint density at radius 1 is 1.47 bits per heavy atom. The summed E-state index contributed by atoms with van der Waals surface area (Å²) in [7, 11) is -3.08. The Morgan fingerprint density at radius 3 is 2.29 bits per heavy atom. The standard InChI is InChI=1S/C10H22N2O3S.ClH/c1-5-6-10(3,11)9(13)12-8(2)7-16(4,14)15;/h8H,5-7,11H2,1-4H3,(H,12,13);1H. The van der Waals surface area contributed by atoms with Crippen LogP contribution in [0.15, 0.2) is 0 Å². The van der Waals surface area contributed by atoms with Gasteiger partial charge in [-0.3, -0.25) is 4.79 Å². The van der Waals surface area contributed by atoms with Gasteiger partial charge in [-0.05, 0) is 20.3 Å². The molecule has 2 unspecified atom stereocenters. The second kappa shape index (κ2) is 7.18. The van der Waals surface area contributed by atoms with E-state index in [1.165, 1.54) is 0 Å². The lowest BCUT2D eigenvalue weighted by atomic mass is 9.96. The number of carbonyl (C=O) groups excluding carboxylic acids is 1. The summed E-state index contributed by atoms with van der Waals surface area (Å²) in [4.78, 5) is 11.7. The second-order valence-electron chi connectivity index (χ2n) is 4.63. The zero-order valence-corrected chi connectivity index (χ0v) is 12.5. The van der Waals surface area contributed by atoms with Gasteiger partial charge in [-0.25, -0.2) is 8.42 Å². The van der Waals surface area contributed by atoms with Gasteiger partial charge in [0.15, 0.2) is 0 Å². The lowest BCUT2D eigenvalue weighted by Crippen LogP contribution is -2.54. The normalized spacial score (nSPS) is 16.5. The van der Waals surface area contributed by atoms with E-state index in [0.29, 0.717) is 6.42 Å². The van der Waals surface area contributed by atoms with Crippen LogP contribution in [0.2, 0.25) is 0 Å². The van der Waals surface area contributed by atoms with E-state index in [1.54, 1.807) is 13.8 Å². The van der Waals surface area contributed by atoms with E-state index in [9.17, 15) is 13.2 Å². The van der Waals surface area contributed by atoms with Crippen LogP contribution in [0.25, 0.3) is 0 Å². The van der Waals surface area contributed by atoms with Crippen LogP contribution in [-0.2, 0) is 14.6 Å². The molecule has 0 bridgehead atoms. The molecular formula is C10H23ClN2O3S. The molecule has 0 fully saturated rings. The first-order valence-electron chi connectivity index (χ1n) is 5.36. The molecule has 0 saturated carbocycles. The highest BCUT2D eigenvalue weighted by Crippen LogP contribution is 2.08. The maximum absolute atomic E-state index is 11.7. The van der Waals surface area contributed by atoms with Crippen molar-refractivity contribution in [3.05, 3.63) is 0 Å². The number of rotatable bonds is 6. The summed E-state index contributed by atoms with van der Waals surface area (Å²) in [6.45, 7) is 5.25. The summed E-state index contributed by atoms with van der Waals surface area (Å²) in [5.41, 5.74) is 4.89. The van der Waals surface area contributed by atoms with Gasteiger partial charge in [0.25, 0.3) is 0 Å². The van der Waals surface area contributed by atoms with Gasteiger partial charge in [0, 0.05) is 12.3 Å². The molecule has 0 aromatic heterocycles. The predicted molar refractivity (Wildman–Crippen MR) is 72.1 cm³/mol. The Bertz CT molecular complexity index is 341. The lowest BCUT2D eigenvalue weighted by Gasteiger charge is -2.25. The molecule has 0 radical (unpaired) electrons. The van der Waals surface area contributed by atoms with Gasteiger partial charge < -0.3 is 11.1 Å². The van der Waals surface area contributed by atoms with Crippen LogP contribution in [0.4, 0.5) is 0 Å². The average molecular weight is 287 g/mol. The minimum atomic E-state index is -3.08. The minimum absolute atomic E-state index is 0. The van der Waals surface area contributed by atoms with Crippen molar-refractivity contribution in [3.8, 4) is 0 Å². The summed E-state index contributed by atoms with van der Waals surface area (Å²) in [5.74, 6) is -0.369. The maximum Gasteiger partial charge on any atom is 0.240 e. The van der Waals surface area contributed by atoms with E-state index >= 15 is 0 Å². The van der Waals surface area contributed by atoms with E-state index in [1.807, 2.05) is 6.92 Å². The third-order valence-corrected chi connectivity index (χ3v) is 3.32. The fourth-order valence-corrected chi connectivity index (χ4v) is 2.51. The second-order valence-corrected chi connectivity index (χ2v) is 6.82. The molecule has 0 aromatic carbocycles. The van der Waals surface area contributed by atoms with E-state index in [2.05, 4.69) is 5.32 Å². The van der Waals surface area contributed by atoms with Crippen LogP contribution in [0.3, 0.4) is 0 Å². The number of nitrogens with two attached hydrogens (primary N) is 1. The van der Waals surface area contributed by atoms with E-state index in [4.69, 9.17) is 5.73 Å². The molecule has 0 heterocycles. The Morgan fingerprint density at radius 2 is 1.94 bits per heavy atom. The fourth-order valence-electron chi connectivity index (χ4n) is 1.52. The van der Waals surface area contributed by atoms with Crippen LogP contribution in [0, 0.1) is 0 Å². The third kappa shape index (κ3) is 8.40. The number of halogens is 1. The molecule has 0 rings (SSSR count). The smallest absolute Gasteiger partial charge is 0.240 e. The number of hydrogen-bond acceptors (Lipinski definition) is 4. The van der Waals surface area contributed by atoms with Gasteiger partial charge in [0.2, 0.25) is 5.91 Å². The van der Waals surface area contributed by atoms with Crippen LogP contribution in [0.5, 0.6) is 0 Å². The highest BCUT2D eigenvalue weighted by molar-refractivity contribution is 7.90. The minimum Gasteiger partial charge on any atom is -0.351 e. The summed E-state index contributed by atoms with van der Waals surface area (Å²) < 4.78 is 22.0. The largest absolute Gasteiger partial charge is 0.351 e. The first-order chi connectivity index (χ1) is 7.08. The average Bonchev–Trinajstić information content (AvgIpc) is 1.99. The molecule has 0 aliphatic heterocycles. The number of sulfone groups is 1. The molecule has 0 aliphatic carbocycles. The van der Waals surface area contributed by atoms with Crippen LogP contribution in [-0.4, -0.2) is 37.9 Å². The van der Waals surface area contributed by atoms with E-state index in [-0.39, 0.29) is 24.1 Å². The molecule has 2 atom stereocenters. The summed E-state index contributed by atoms with van der Waals surface area (Å²) in [6.07, 6.45) is 2.52. The van der Waals surface area contributed by atoms with Crippen molar-refractivity contribution in [2.24, 2.45) is 5.73 Å². The quantitative estimate of drug-likeness (QED) is 0.743. The first kappa shape index (κ1) is 19.0. The molecule has 1 amide bonds. The predicted octanol–water partition coefficient (Wildman–Crippen LogP) is 0.475. The molecular weight excluding hydrogens is 264 g/mol. The highest BCUT2D eigenvalue weighted by atomic mass is 35.5. The Kier molecular flexibility index (Phi) is 8.03. The monoisotopic (exact) mass is 286 g/mol. The summed E-state index contributed by atoms with van der Waals surface area (Å²) >= 11 is 0. The zero-order chi connectivity index (χ0) is 13.0. The van der Waals surface area contributed by atoms with Crippen molar-refractivity contribution in [2.75, 3.05) is 12.0 Å². The lowest BCUT2D eigenvalue weighted by molar-refractivity contribution is -0.126. The number of amides is 1. The Balaban J connectivity index is 0. The Hall–Kier alpha value is -0.330. The highest BCUT2D eigenvalue weighted by Gasteiger charge is 2.28. The molecule has 7 heteroatoms. The summed E-state index contributed by atoms with van der Waals surface area (Å²) in [6, 6.07) is -0.415. The zero-order valence-electron chi connectivity index (χ0n) is 10.8. The molecule has 0 saturated heterocycles. The molecule has 3 N–H and O–H groups in total. The number of hydrogen-bond donors (Lipinski definition) is 2. The molecule has 17 heavy (non-hydrogen) atoms. The fraction of sp³-hybridized carbons (Fsp3) is 0.900. The van der Waals surface area contributed by atoms with Crippen LogP contribution < -0.4 is 11.1 Å². The van der Waals surface area contributed by atoms with Crippen LogP contribution >= 0.6 is 12.4 Å². The van der Waals surface area contributed by atoms with Gasteiger partial charge in [0.1, 0.15) is 9.84 Å². The topological polar surface area (TPSA) is 89.3 Å². The van der Waals surface area contributed by atoms with Crippen molar-refractivity contribution in [1.29, 1.82) is 0 Å². The van der Waals surface area contributed by atoms with Crippen molar-refractivity contribution in [2.45, 2.75) is 45.2 Å². The number of nitrogens with one attached hydrogen (secondary N) is 1. The SMILES string of the molecule is CCCC(C)(N)C(=O)NC(C)CS(C)(=O)=O.Cl.